The molecule has 1 aromatic carbocycles. The number of nitrogens with zero attached hydrogens (tertiary/aromatic N) is 1. The molecule has 0 radical (unpaired) electrons. The minimum absolute atomic E-state index is 0.145. The largest absolute Gasteiger partial charge is 0.492 e. The average molecular weight is 271 g/mol. The number of rotatable bonds is 6. The number of benzene rings is 1. The Bertz CT molecular complexity index is 558. The summed E-state index contributed by atoms with van der Waals surface area (Å²) < 4.78 is 5.51. The Balaban J connectivity index is 1.81. The van der Waals surface area contributed by atoms with E-state index in [1.807, 2.05) is 30.3 Å². The molecule has 0 saturated carbocycles. The third-order valence-electron chi connectivity index (χ3n) is 2.73. The summed E-state index contributed by atoms with van der Waals surface area (Å²) in [5.41, 5.74) is 1.27. The van der Waals surface area contributed by atoms with Crippen LogP contribution in [0.1, 0.15) is 10.4 Å². The third kappa shape index (κ3) is 3.71. The summed E-state index contributed by atoms with van der Waals surface area (Å²) in [5.74, 6) is 0.648. The number of carbonyl (C=O) groups excluding carboxylic acids is 1. The molecule has 104 valence electrons. The van der Waals surface area contributed by atoms with Crippen LogP contribution in [0, 0.1) is 0 Å². The van der Waals surface area contributed by atoms with E-state index >= 15 is 0 Å². The first kappa shape index (κ1) is 13.9. The molecule has 0 aliphatic heterocycles. The van der Waals surface area contributed by atoms with E-state index < -0.39 is 0 Å². The number of anilines is 1. The van der Waals surface area contributed by atoms with Gasteiger partial charge in [0.25, 0.3) is 5.91 Å². The molecule has 0 aliphatic carbocycles. The van der Waals surface area contributed by atoms with Crippen LogP contribution >= 0.6 is 0 Å². The predicted molar refractivity (Wildman–Crippen MR) is 78.1 cm³/mol. The van der Waals surface area contributed by atoms with Crippen molar-refractivity contribution in [1.82, 2.24) is 10.3 Å². The molecule has 2 rings (SSSR count). The Morgan fingerprint density at radius 1 is 1.25 bits per heavy atom. The van der Waals surface area contributed by atoms with Crippen LogP contribution in [-0.2, 0) is 0 Å². The number of ether oxygens (including phenoxy) is 1. The van der Waals surface area contributed by atoms with E-state index in [-0.39, 0.29) is 5.91 Å². The van der Waals surface area contributed by atoms with Crippen LogP contribution in [0.15, 0.2) is 48.8 Å². The van der Waals surface area contributed by atoms with Crippen LogP contribution in [0.2, 0.25) is 0 Å². The van der Waals surface area contributed by atoms with Gasteiger partial charge < -0.3 is 15.4 Å². The molecule has 0 aliphatic rings. The molecular formula is C15H17N3O2. The zero-order valence-corrected chi connectivity index (χ0v) is 11.3. The molecular weight excluding hydrogens is 254 g/mol. The third-order valence-corrected chi connectivity index (χ3v) is 2.73. The van der Waals surface area contributed by atoms with E-state index in [0.29, 0.717) is 24.4 Å². The van der Waals surface area contributed by atoms with Gasteiger partial charge in [0.1, 0.15) is 12.4 Å². The molecule has 0 bridgehead atoms. The first-order valence-corrected chi connectivity index (χ1v) is 6.39. The monoisotopic (exact) mass is 271 g/mol. The SMILES string of the molecule is CNc1cnccc1C(=O)NCCOc1ccccc1. The second-order valence-electron chi connectivity index (χ2n) is 4.09. The van der Waals surface area contributed by atoms with Gasteiger partial charge in [0.2, 0.25) is 0 Å². The number of pyridine rings is 1. The van der Waals surface area contributed by atoms with E-state index in [2.05, 4.69) is 15.6 Å². The summed E-state index contributed by atoms with van der Waals surface area (Å²) in [4.78, 5) is 16.0. The topological polar surface area (TPSA) is 63.2 Å². The molecule has 20 heavy (non-hydrogen) atoms. The summed E-state index contributed by atoms with van der Waals surface area (Å²) in [5, 5.41) is 5.75. The number of carbonyl (C=O) groups is 1. The van der Waals surface area contributed by atoms with Crippen LogP contribution in [0.5, 0.6) is 5.75 Å². The zero-order chi connectivity index (χ0) is 14.2. The molecule has 0 atom stereocenters. The predicted octanol–water partition coefficient (Wildman–Crippen LogP) is 1.93. The van der Waals surface area contributed by atoms with Gasteiger partial charge in [-0.1, -0.05) is 18.2 Å². The lowest BCUT2D eigenvalue weighted by molar-refractivity contribution is 0.0947. The minimum Gasteiger partial charge on any atom is -0.492 e. The van der Waals surface area contributed by atoms with Crippen molar-refractivity contribution in [2.75, 3.05) is 25.5 Å². The van der Waals surface area contributed by atoms with Crippen molar-refractivity contribution in [2.45, 2.75) is 0 Å². The van der Waals surface area contributed by atoms with E-state index in [1.54, 1.807) is 25.5 Å². The quantitative estimate of drug-likeness (QED) is 0.788. The summed E-state index contributed by atoms with van der Waals surface area (Å²) in [6.07, 6.45) is 3.21. The van der Waals surface area contributed by atoms with Crippen LogP contribution in [-0.4, -0.2) is 31.1 Å². The maximum absolute atomic E-state index is 12.0. The van der Waals surface area contributed by atoms with Crippen LogP contribution in [0.25, 0.3) is 0 Å². The van der Waals surface area contributed by atoms with E-state index in [0.717, 1.165) is 5.75 Å². The average Bonchev–Trinajstić information content (AvgIpc) is 2.52. The van der Waals surface area contributed by atoms with Gasteiger partial charge in [-0.2, -0.15) is 0 Å². The second-order valence-corrected chi connectivity index (χ2v) is 4.09. The van der Waals surface area contributed by atoms with Crippen molar-refractivity contribution < 1.29 is 9.53 Å². The number of hydrogen-bond donors (Lipinski definition) is 2. The van der Waals surface area contributed by atoms with Crippen molar-refractivity contribution >= 4 is 11.6 Å². The Kier molecular flexibility index (Phi) is 4.94. The van der Waals surface area contributed by atoms with Crippen LogP contribution < -0.4 is 15.4 Å². The molecule has 1 aromatic heterocycles. The number of aromatic nitrogens is 1. The summed E-state index contributed by atoms with van der Waals surface area (Å²) >= 11 is 0. The van der Waals surface area contributed by atoms with Crippen LogP contribution in [0.4, 0.5) is 5.69 Å². The standard InChI is InChI=1S/C15H17N3O2/c1-16-14-11-17-8-7-13(14)15(19)18-9-10-20-12-5-3-2-4-6-12/h2-8,11,16H,9-10H2,1H3,(H,18,19). The van der Waals surface area contributed by atoms with Crippen LogP contribution in [0.3, 0.4) is 0 Å². The maximum Gasteiger partial charge on any atom is 0.253 e. The lowest BCUT2D eigenvalue weighted by Crippen LogP contribution is -2.28. The van der Waals surface area contributed by atoms with Crippen molar-refractivity contribution in [3.63, 3.8) is 0 Å². The highest BCUT2D eigenvalue weighted by atomic mass is 16.5. The normalized spacial score (nSPS) is 9.85. The highest BCUT2D eigenvalue weighted by Gasteiger charge is 2.09. The molecule has 2 aromatic rings. The number of hydrogen-bond acceptors (Lipinski definition) is 4. The summed E-state index contributed by atoms with van der Waals surface area (Å²) in [6.45, 7) is 0.870. The number of amides is 1. The van der Waals surface area contributed by atoms with Gasteiger partial charge in [-0.25, -0.2) is 0 Å². The van der Waals surface area contributed by atoms with Crippen molar-refractivity contribution in [1.29, 1.82) is 0 Å². The Morgan fingerprint density at radius 2 is 2.05 bits per heavy atom. The lowest BCUT2D eigenvalue weighted by Gasteiger charge is -2.10. The fourth-order valence-corrected chi connectivity index (χ4v) is 1.74. The van der Waals surface area contributed by atoms with Crippen molar-refractivity contribution in [2.24, 2.45) is 0 Å². The van der Waals surface area contributed by atoms with Crippen molar-refractivity contribution in [3.05, 3.63) is 54.4 Å². The summed E-state index contributed by atoms with van der Waals surface area (Å²) in [6, 6.07) is 11.2. The van der Waals surface area contributed by atoms with Gasteiger partial charge in [0, 0.05) is 13.2 Å². The van der Waals surface area contributed by atoms with E-state index in [1.165, 1.54) is 0 Å². The van der Waals surface area contributed by atoms with E-state index in [9.17, 15) is 4.79 Å². The molecule has 0 spiro atoms. The Hall–Kier alpha value is -2.56. The molecule has 0 fully saturated rings. The molecule has 1 heterocycles. The van der Waals surface area contributed by atoms with Gasteiger partial charge in [-0.3, -0.25) is 9.78 Å². The molecule has 5 heteroatoms. The number of nitrogens with one attached hydrogen (secondary N) is 2. The summed E-state index contributed by atoms with van der Waals surface area (Å²) in [7, 11) is 1.76. The van der Waals surface area contributed by atoms with Gasteiger partial charge >= 0.3 is 0 Å². The van der Waals surface area contributed by atoms with Gasteiger partial charge in [-0.05, 0) is 18.2 Å². The first-order chi connectivity index (χ1) is 9.81. The van der Waals surface area contributed by atoms with Gasteiger partial charge in [-0.15, -0.1) is 0 Å². The number of para-hydroxylation sites is 1. The molecule has 0 unspecified atom stereocenters. The zero-order valence-electron chi connectivity index (χ0n) is 11.3. The Morgan fingerprint density at radius 3 is 2.80 bits per heavy atom. The molecule has 0 saturated heterocycles. The highest BCUT2D eigenvalue weighted by Crippen LogP contribution is 2.12. The smallest absolute Gasteiger partial charge is 0.253 e. The molecule has 5 nitrogen and oxygen atoms in total. The Labute approximate surface area is 118 Å². The second kappa shape index (κ2) is 7.13. The fourth-order valence-electron chi connectivity index (χ4n) is 1.74. The lowest BCUT2D eigenvalue weighted by atomic mass is 10.2. The van der Waals surface area contributed by atoms with Crippen molar-refractivity contribution in [3.8, 4) is 5.75 Å². The first-order valence-electron chi connectivity index (χ1n) is 6.39. The minimum atomic E-state index is -0.145. The highest BCUT2D eigenvalue weighted by molar-refractivity contribution is 5.99. The fraction of sp³-hybridized carbons (Fsp3) is 0.200. The molecule has 1 amide bonds. The van der Waals surface area contributed by atoms with E-state index in [4.69, 9.17) is 4.74 Å². The van der Waals surface area contributed by atoms with Gasteiger partial charge in [0.15, 0.2) is 0 Å². The van der Waals surface area contributed by atoms with Gasteiger partial charge in [0.05, 0.1) is 24.0 Å². The molecule has 2 N–H and O–H groups in total. The maximum atomic E-state index is 12.0.